The van der Waals surface area contributed by atoms with Gasteiger partial charge < -0.3 is 5.32 Å². The molecule has 0 aromatic carbocycles. The quantitative estimate of drug-likeness (QED) is 0.832. The lowest BCUT2D eigenvalue weighted by Gasteiger charge is -2.07. The van der Waals surface area contributed by atoms with E-state index in [4.69, 9.17) is 0 Å². The Balaban J connectivity index is 2.13. The maximum atomic E-state index is 4.58. The van der Waals surface area contributed by atoms with E-state index in [1.54, 1.807) is 18.6 Å². The van der Waals surface area contributed by atoms with Crippen molar-refractivity contribution in [3.05, 3.63) is 35.5 Å². The fraction of sp³-hybridized carbons (Fsp3) is 0.333. The van der Waals surface area contributed by atoms with Gasteiger partial charge in [0.25, 0.3) is 0 Å². The van der Waals surface area contributed by atoms with Crippen LogP contribution in [0.4, 0.5) is 0 Å². The predicted molar refractivity (Wildman–Crippen MR) is 63.0 cm³/mol. The van der Waals surface area contributed by atoms with Crippen LogP contribution in [0.1, 0.15) is 23.9 Å². The average molecular weight is 227 g/mol. The monoisotopic (exact) mass is 227 g/mol. The smallest absolute Gasteiger partial charge is 0.180 e. The summed E-state index contributed by atoms with van der Waals surface area (Å²) in [6.07, 6.45) is 5.93. The second kappa shape index (κ2) is 4.18. The minimum atomic E-state index is 0.678. The van der Waals surface area contributed by atoms with Crippen LogP contribution in [0, 0.1) is 0 Å². The van der Waals surface area contributed by atoms with Gasteiger partial charge in [0.2, 0.25) is 0 Å². The first-order valence-corrected chi connectivity index (χ1v) is 5.74. The Kier molecular flexibility index (Phi) is 2.53. The van der Waals surface area contributed by atoms with Gasteiger partial charge in [-0.05, 0) is 6.42 Å². The summed E-state index contributed by atoms with van der Waals surface area (Å²) < 4.78 is 0. The highest BCUT2D eigenvalue weighted by atomic mass is 15.0. The van der Waals surface area contributed by atoms with Crippen LogP contribution in [-0.4, -0.2) is 19.9 Å². The zero-order chi connectivity index (χ0) is 11.7. The molecule has 5 heteroatoms. The maximum Gasteiger partial charge on any atom is 0.180 e. The lowest BCUT2D eigenvalue weighted by atomic mass is 10.1. The summed E-state index contributed by atoms with van der Waals surface area (Å²) in [6.45, 7) is 3.80. The fourth-order valence-electron chi connectivity index (χ4n) is 2.06. The highest BCUT2D eigenvalue weighted by Gasteiger charge is 2.18. The van der Waals surface area contributed by atoms with Crippen LogP contribution < -0.4 is 5.32 Å². The van der Waals surface area contributed by atoms with Crippen molar-refractivity contribution in [3.63, 3.8) is 0 Å². The molecule has 17 heavy (non-hydrogen) atoms. The van der Waals surface area contributed by atoms with Gasteiger partial charge in [-0.25, -0.2) is 15.0 Å². The summed E-state index contributed by atoms with van der Waals surface area (Å²) in [5.41, 5.74) is 4.19. The first-order valence-electron chi connectivity index (χ1n) is 5.74. The Labute approximate surface area is 99.4 Å². The van der Waals surface area contributed by atoms with Crippen LogP contribution in [0.15, 0.2) is 18.6 Å². The minimum absolute atomic E-state index is 0.678. The van der Waals surface area contributed by atoms with Crippen LogP contribution in [0.2, 0.25) is 0 Å². The van der Waals surface area contributed by atoms with E-state index in [9.17, 15) is 0 Å². The zero-order valence-corrected chi connectivity index (χ0v) is 9.64. The molecule has 3 rings (SSSR count). The van der Waals surface area contributed by atoms with E-state index in [0.29, 0.717) is 5.82 Å². The van der Waals surface area contributed by atoms with Gasteiger partial charge in [0.1, 0.15) is 5.69 Å². The molecule has 5 nitrogen and oxygen atoms in total. The van der Waals surface area contributed by atoms with E-state index < -0.39 is 0 Å². The summed E-state index contributed by atoms with van der Waals surface area (Å²) in [6, 6.07) is 0. The van der Waals surface area contributed by atoms with Crippen molar-refractivity contribution in [2.24, 2.45) is 0 Å². The topological polar surface area (TPSA) is 63.6 Å². The average Bonchev–Trinajstić information content (AvgIpc) is 2.86. The lowest BCUT2D eigenvalue weighted by molar-refractivity contribution is 0.755. The fourth-order valence-corrected chi connectivity index (χ4v) is 2.06. The number of hydrogen-bond acceptors (Lipinski definition) is 5. The van der Waals surface area contributed by atoms with Gasteiger partial charge in [0.15, 0.2) is 5.82 Å². The van der Waals surface area contributed by atoms with Crippen LogP contribution in [0.3, 0.4) is 0 Å². The molecule has 1 aliphatic rings. The molecule has 2 aromatic rings. The molecule has 1 N–H and O–H groups in total. The molecular formula is C12H13N5. The minimum Gasteiger partial charge on any atom is -0.307 e. The Morgan fingerprint density at radius 2 is 2.18 bits per heavy atom. The Hall–Kier alpha value is -1.88. The summed E-state index contributed by atoms with van der Waals surface area (Å²) >= 11 is 0. The molecule has 0 saturated carbocycles. The maximum absolute atomic E-state index is 4.58. The molecule has 0 bridgehead atoms. The third-order valence-electron chi connectivity index (χ3n) is 2.90. The summed E-state index contributed by atoms with van der Waals surface area (Å²) in [7, 11) is 0. The van der Waals surface area contributed by atoms with Gasteiger partial charge in [-0.3, -0.25) is 4.98 Å². The summed E-state index contributed by atoms with van der Waals surface area (Å²) in [5, 5.41) is 3.30. The highest BCUT2D eigenvalue weighted by Crippen LogP contribution is 2.21. The molecule has 0 spiro atoms. The zero-order valence-electron chi connectivity index (χ0n) is 9.64. The van der Waals surface area contributed by atoms with Gasteiger partial charge in [0.05, 0.1) is 11.9 Å². The van der Waals surface area contributed by atoms with Gasteiger partial charge in [-0.15, -0.1) is 0 Å². The molecule has 2 aromatic heterocycles. The van der Waals surface area contributed by atoms with E-state index in [1.165, 1.54) is 5.56 Å². The number of aromatic nitrogens is 4. The third kappa shape index (κ3) is 1.78. The van der Waals surface area contributed by atoms with Gasteiger partial charge in [-0.2, -0.15) is 0 Å². The van der Waals surface area contributed by atoms with E-state index in [0.717, 1.165) is 36.6 Å². The number of aryl methyl sites for hydroxylation is 1. The van der Waals surface area contributed by atoms with Crippen LogP contribution >= 0.6 is 0 Å². The standard InChI is InChI=1S/C12H13N5/c1-2-9-8-5-14-6-10(8)17-12(16-9)11-7-13-3-4-15-11/h3-4,7,14H,2,5-6H2,1H3. The first-order chi connectivity index (χ1) is 8.38. The van der Waals surface area contributed by atoms with E-state index in [1.807, 2.05) is 0 Å². The van der Waals surface area contributed by atoms with Gasteiger partial charge in [-0.1, -0.05) is 6.92 Å². The van der Waals surface area contributed by atoms with Crippen LogP contribution in [0.5, 0.6) is 0 Å². The second-order valence-corrected chi connectivity index (χ2v) is 3.97. The van der Waals surface area contributed by atoms with E-state index in [2.05, 4.69) is 32.2 Å². The van der Waals surface area contributed by atoms with Crippen molar-refractivity contribution < 1.29 is 0 Å². The van der Waals surface area contributed by atoms with E-state index >= 15 is 0 Å². The Morgan fingerprint density at radius 1 is 1.24 bits per heavy atom. The van der Waals surface area contributed by atoms with Crippen LogP contribution in [0.25, 0.3) is 11.5 Å². The van der Waals surface area contributed by atoms with Crippen molar-refractivity contribution in [3.8, 4) is 11.5 Å². The molecule has 0 aliphatic carbocycles. The van der Waals surface area contributed by atoms with Crippen molar-refractivity contribution in [1.29, 1.82) is 0 Å². The largest absolute Gasteiger partial charge is 0.307 e. The van der Waals surface area contributed by atoms with Gasteiger partial charge in [0, 0.05) is 36.7 Å². The molecule has 0 radical (unpaired) electrons. The second-order valence-electron chi connectivity index (χ2n) is 3.97. The van der Waals surface area contributed by atoms with E-state index in [-0.39, 0.29) is 0 Å². The number of nitrogens with one attached hydrogen (secondary N) is 1. The number of fused-ring (bicyclic) bond motifs is 1. The first kappa shape index (κ1) is 10.3. The number of nitrogens with zero attached hydrogens (tertiary/aromatic N) is 4. The summed E-state index contributed by atoms with van der Waals surface area (Å²) in [4.78, 5) is 17.4. The van der Waals surface area contributed by atoms with Crippen molar-refractivity contribution >= 4 is 0 Å². The summed E-state index contributed by atoms with van der Waals surface area (Å²) in [5.74, 6) is 0.678. The normalized spacial score (nSPS) is 13.7. The molecule has 0 atom stereocenters. The molecule has 0 fully saturated rings. The molecule has 86 valence electrons. The van der Waals surface area contributed by atoms with Crippen LogP contribution in [-0.2, 0) is 19.5 Å². The molecule has 0 saturated heterocycles. The number of rotatable bonds is 2. The van der Waals surface area contributed by atoms with Gasteiger partial charge >= 0.3 is 0 Å². The highest BCUT2D eigenvalue weighted by molar-refractivity contribution is 5.49. The third-order valence-corrected chi connectivity index (χ3v) is 2.90. The molecule has 0 amide bonds. The lowest BCUT2D eigenvalue weighted by Crippen LogP contribution is -2.03. The molecular weight excluding hydrogens is 214 g/mol. The molecule has 3 heterocycles. The molecule has 0 unspecified atom stereocenters. The Bertz CT molecular complexity index is 538. The Morgan fingerprint density at radius 3 is 2.94 bits per heavy atom. The van der Waals surface area contributed by atoms with Crippen molar-refractivity contribution in [2.75, 3.05) is 0 Å². The SMILES string of the molecule is CCc1nc(-c2cnccn2)nc2c1CNC2. The van der Waals surface area contributed by atoms with Crippen molar-refractivity contribution in [1.82, 2.24) is 25.3 Å². The predicted octanol–water partition coefficient (Wildman–Crippen LogP) is 1.10. The molecule has 1 aliphatic heterocycles. The van der Waals surface area contributed by atoms with Crippen molar-refractivity contribution in [2.45, 2.75) is 26.4 Å². The number of hydrogen-bond donors (Lipinski definition) is 1.